The van der Waals surface area contributed by atoms with Gasteiger partial charge in [0.05, 0.1) is 0 Å². The molecule has 1 aliphatic carbocycles. The van der Waals surface area contributed by atoms with Crippen LogP contribution in [0.1, 0.15) is 37.7 Å². The summed E-state index contributed by atoms with van der Waals surface area (Å²) in [6.45, 7) is 3.26. The largest absolute Gasteiger partial charge is 0.492 e. The van der Waals surface area contributed by atoms with Gasteiger partial charge in [0.2, 0.25) is 0 Å². The molecule has 2 rings (SSSR count). The molecule has 0 unspecified atom stereocenters. The van der Waals surface area contributed by atoms with E-state index in [2.05, 4.69) is 5.32 Å². The van der Waals surface area contributed by atoms with E-state index in [4.69, 9.17) is 4.74 Å². The van der Waals surface area contributed by atoms with Crippen LogP contribution in [-0.2, 0) is 0 Å². The van der Waals surface area contributed by atoms with Crippen molar-refractivity contribution in [1.82, 2.24) is 5.32 Å². The first-order valence-electron chi connectivity index (χ1n) is 6.88. The second-order valence-electron chi connectivity index (χ2n) is 5.05. The van der Waals surface area contributed by atoms with Crippen molar-refractivity contribution in [3.8, 4) is 5.75 Å². The fourth-order valence-corrected chi connectivity index (χ4v) is 2.45. The molecule has 1 aromatic carbocycles. The summed E-state index contributed by atoms with van der Waals surface area (Å²) in [4.78, 5) is 0. The number of hydrogen-bond acceptors (Lipinski definition) is 2. The van der Waals surface area contributed by atoms with Crippen molar-refractivity contribution in [3.63, 3.8) is 0 Å². The van der Waals surface area contributed by atoms with E-state index in [-0.39, 0.29) is 5.82 Å². The number of aryl methyl sites for hydroxylation is 1. The van der Waals surface area contributed by atoms with Gasteiger partial charge in [-0.2, -0.15) is 0 Å². The van der Waals surface area contributed by atoms with Gasteiger partial charge in [0.15, 0.2) is 0 Å². The van der Waals surface area contributed by atoms with Crippen molar-refractivity contribution in [2.45, 2.75) is 45.1 Å². The molecular formula is C15H22FNO. The molecule has 0 radical (unpaired) electrons. The van der Waals surface area contributed by atoms with Crippen LogP contribution in [0.3, 0.4) is 0 Å². The first-order chi connectivity index (χ1) is 8.75. The summed E-state index contributed by atoms with van der Waals surface area (Å²) < 4.78 is 18.7. The van der Waals surface area contributed by atoms with Gasteiger partial charge in [-0.25, -0.2) is 4.39 Å². The third-order valence-corrected chi connectivity index (χ3v) is 3.54. The lowest BCUT2D eigenvalue weighted by Gasteiger charge is -2.22. The Kier molecular flexibility index (Phi) is 5.00. The summed E-state index contributed by atoms with van der Waals surface area (Å²) in [5.41, 5.74) is 0.632. The van der Waals surface area contributed by atoms with Crippen molar-refractivity contribution in [2.24, 2.45) is 0 Å². The fraction of sp³-hybridized carbons (Fsp3) is 0.600. The highest BCUT2D eigenvalue weighted by atomic mass is 19.1. The number of halogens is 1. The molecule has 0 aromatic heterocycles. The van der Waals surface area contributed by atoms with Crippen LogP contribution in [0.25, 0.3) is 0 Å². The zero-order chi connectivity index (χ0) is 12.8. The first kappa shape index (κ1) is 13.3. The molecule has 0 spiro atoms. The maximum atomic E-state index is 13.1. The number of rotatable bonds is 5. The van der Waals surface area contributed by atoms with Crippen LogP contribution in [0.5, 0.6) is 5.75 Å². The van der Waals surface area contributed by atoms with Gasteiger partial charge in [-0.15, -0.1) is 0 Å². The highest BCUT2D eigenvalue weighted by Crippen LogP contribution is 2.17. The minimum atomic E-state index is -0.178. The smallest absolute Gasteiger partial charge is 0.126 e. The maximum Gasteiger partial charge on any atom is 0.126 e. The van der Waals surface area contributed by atoms with Crippen LogP contribution in [0.4, 0.5) is 4.39 Å². The molecule has 1 aromatic rings. The van der Waals surface area contributed by atoms with Gasteiger partial charge >= 0.3 is 0 Å². The lowest BCUT2D eigenvalue weighted by molar-refractivity contribution is 0.289. The normalized spacial score (nSPS) is 16.8. The third kappa shape index (κ3) is 3.98. The van der Waals surface area contributed by atoms with E-state index in [1.165, 1.54) is 38.2 Å². The molecule has 0 heterocycles. The van der Waals surface area contributed by atoms with Crippen LogP contribution in [0.15, 0.2) is 18.2 Å². The molecule has 1 aliphatic rings. The van der Waals surface area contributed by atoms with Gasteiger partial charge in [0.1, 0.15) is 18.2 Å². The zero-order valence-corrected chi connectivity index (χ0v) is 11.0. The molecule has 0 atom stereocenters. The van der Waals surface area contributed by atoms with Gasteiger partial charge in [0.25, 0.3) is 0 Å². The minimum absolute atomic E-state index is 0.178. The summed E-state index contributed by atoms with van der Waals surface area (Å²) in [5.74, 6) is 0.571. The Labute approximate surface area is 109 Å². The lowest BCUT2D eigenvalue weighted by Crippen LogP contribution is -2.34. The molecular weight excluding hydrogens is 229 g/mol. The highest BCUT2D eigenvalue weighted by Gasteiger charge is 2.11. The average molecular weight is 251 g/mol. The predicted octanol–water partition coefficient (Wildman–Crippen LogP) is 3.44. The van der Waals surface area contributed by atoms with Gasteiger partial charge in [-0.3, -0.25) is 0 Å². The number of benzene rings is 1. The SMILES string of the molecule is Cc1cc(OCCNC2CCCCC2)ccc1F. The second-order valence-corrected chi connectivity index (χ2v) is 5.05. The van der Waals surface area contributed by atoms with E-state index in [1.807, 2.05) is 0 Å². The number of hydrogen-bond donors (Lipinski definition) is 1. The average Bonchev–Trinajstić information content (AvgIpc) is 2.40. The van der Waals surface area contributed by atoms with E-state index >= 15 is 0 Å². The third-order valence-electron chi connectivity index (χ3n) is 3.54. The topological polar surface area (TPSA) is 21.3 Å². The Morgan fingerprint density at radius 1 is 1.28 bits per heavy atom. The summed E-state index contributed by atoms with van der Waals surface area (Å²) in [7, 11) is 0. The Balaban J connectivity index is 1.66. The van der Waals surface area contributed by atoms with E-state index in [0.29, 0.717) is 18.2 Å². The Hall–Kier alpha value is -1.09. The second kappa shape index (κ2) is 6.74. The molecule has 1 N–H and O–H groups in total. The van der Waals surface area contributed by atoms with Crippen molar-refractivity contribution in [2.75, 3.05) is 13.2 Å². The molecule has 1 saturated carbocycles. The highest BCUT2D eigenvalue weighted by molar-refractivity contribution is 5.28. The molecule has 0 saturated heterocycles. The van der Waals surface area contributed by atoms with E-state index in [0.717, 1.165) is 12.3 Å². The van der Waals surface area contributed by atoms with Crippen molar-refractivity contribution >= 4 is 0 Å². The molecule has 2 nitrogen and oxygen atoms in total. The lowest BCUT2D eigenvalue weighted by atomic mass is 9.96. The van der Waals surface area contributed by atoms with E-state index in [9.17, 15) is 4.39 Å². The van der Waals surface area contributed by atoms with Crippen LogP contribution in [0.2, 0.25) is 0 Å². The Bertz CT molecular complexity index is 375. The van der Waals surface area contributed by atoms with Crippen LogP contribution in [0, 0.1) is 12.7 Å². The maximum absolute atomic E-state index is 13.1. The molecule has 18 heavy (non-hydrogen) atoms. The monoisotopic (exact) mass is 251 g/mol. The standard InChI is InChI=1S/C15H22FNO/c1-12-11-14(7-8-15(12)16)18-10-9-17-13-5-3-2-4-6-13/h7-8,11,13,17H,2-6,9-10H2,1H3. The molecule has 3 heteroatoms. The summed E-state index contributed by atoms with van der Waals surface area (Å²) in [6, 6.07) is 5.55. The molecule has 0 amide bonds. The van der Waals surface area contributed by atoms with Crippen molar-refractivity contribution in [3.05, 3.63) is 29.6 Å². The molecule has 0 aliphatic heterocycles. The van der Waals surface area contributed by atoms with Gasteiger partial charge in [0, 0.05) is 12.6 Å². The Morgan fingerprint density at radius 2 is 2.06 bits per heavy atom. The minimum Gasteiger partial charge on any atom is -0.492 e. The van der Waals surface area contributed by atoms with E-state index < -0.39 is 0 Å². The van der Waals surface area contributed by atoms with Crippen molar-refractivity contribution < 1.29 is 9.13 Å². The molecule has 100 valence electrons. The molecule has 1 fully saturated rings. The van der Waals surface area contributed by atoms with E-state index in [1.54, 1.807) is 19.1 Å². The fourth-order valence-electron chi connectivity index (χ4n) is 2.45. The van der Waals surface area contributed by atoms with Gasteiger partial charge < -0.3 is 10.1 Å². The van der Waals surface area contributed by atoms with Crippen LogP contribution < -0.4 is 10.1 Å². The predicted molar refractivity (Wildman–Crippen MR) is 71.5 cm³/mol. The van der Waals surface area contributed by atoms with Crippen LogP contribution >= 0.6 is 0 Å². The van der Waals surface area contributed by atoms with Crippen molar-refractivity contribution in [1.29, 1.82) is 0 Å². The summed E-state index contributed by atoms with van der Waals surface area (Å²) >= 11 is 0. The van der Waals surface area contributed by atoms with Gasteiger partial charge in [-0.1, -0.05) is 19.3 Å². The summed E-state index contributed by atoms with van der Waals surface area (Å²) in [6.07, 6.45) is 6.64. The summed E-state index contributed by atoms with van der Waals surface area (Å²) in [5, 5.41) is 3.52. The first-order valence-corrected chi connectivity index (χ1v) is 6.88. The van der Waals surface area contributed by atoms with Crippen LogP contribution in [-0.4, -0.2) is 19.2 Å². The quantitative estimate of drug-likeness (QED) is 0.809. The zero-order valence-electron chi connectivity index (χ0n) is 11.0. The number of nitrogens with one attached hydrogen (secondary N) is 1. The van der Waals surface area contributed by atoms with Gasteiger partial charge in [-0.05, 0) is 43.5 Å². The number of ether oxygens (including phenoxy) is 1. The molecule has 0 bridgehead atoms. The Morgan fingerprint density at radius 3 is 2.78 bits per heavy atom.